The van der Waals surface area contributed by atoms with E-state index in [1.807, 2.05) is 0 Å². The van der Waals surface area contributed by atoms with Crippen LogP contribution in [0.1, 0.15) is 38.5 Å². The third-order valence-electron chi connectivity index (χ3n) is 4.81. The lowest BCUT2D eigenvalue weighted by Gasteiger charge is -2.32. The lowest BCUT2D eigenvalue weighted by molar-refractivity contribution is -0.132. The van der Waals surface area contributed by atoms with Crippen LogP contribution in [0.4, 0.5) is 0 Å². The molecule has 20 heavy (non-hydrogen) atoms. The number of likely N-dealkylation sites (tertiary alicyclic amines) is 1. The second kappa shape index (κ2) is 6.41. The molecule has 1 aliphatic carbocycles. The van der Waals surface area contributed by atoms with Crippen molar-refractivity contribution in [3.63, 3.8) is 0 Å². The van der Waals surface area contributed by atoms with Gasteiger partial charge in [0.1, 0.15) is 6.10 Å². The number of amides is 1. The van der Waals surface area contributed by atoms with E-state index < -0.39 is 0 Å². The van der Waals surface area contributed by atoms with Crippen LogP contribution in [-0.2, 0) is 9.53 Å². The second-order valence-electron chi connectivity index (χ2n) is 6.59. The van der Waals surface area contributed by atoms with E-state index in [1.54, 1.807) is 0 Å². The minimum absolute atomic E-state index is 0.0709. The van der Waals surface area contributed by atoms with Crippen molar-refractivity contribution < 1.29 is 9.53 Å². The SMILES string of the molecule is NC[C@H]1CC[C@@H](C(=O)NC2CCN(CC3CC3)CC2)O1. The molecule has 114 valence electrons. The van der Waals surface area contributed by atoms with Crippen molar-refractivity contribution in [2.75, 3.05) is 26.2 Å². The summed E-state index contributed by atoms with van der Waals surface area (Å²) >= 11 is 0. The number of piperidine rings is 1. The molecule has 1 amide bonds. The van der Waals surface area contributed by atoms with Gasteiger partial charge in [0.2, 0.25) is 5.91 Å². The second-order valence-corrected chi connectivity index (χ2v) is 6.59. The molecule has 3 rings (SSSR count). The van der Waals surface area contributed by atoms with Crippen LogP contribution in [0.5, 0.6) is 0 Å². The quantitative estimate of drug-likeness (QED) is 0.769. The largest absolute Gasteiger partial charge is 0.364 e. The fraction of sp³-hybridized carbons (Fsp3) is 0.933. The lowest BCUT2D eigenvalue weighted by atomic mass is 10.0. The molecule has 0 bridgehead atoms. The van der Waals surface area contributed by atoms with Crippen LogP contribution in [0.2, 0.25) is 0 Å². The average Bonchev–Trinajstić information content (AvgIpc) is 3.14. The molecular weight excluding hydrogens is 254 g/mol. The van der Waals surface area contributed by atoms with Crippen LogP contribution >= 0.6 is 0 Å². The van der Waals surface area contributed by atoms with Crippen LogP contribution in [0.25, 0.3) is 0 Å². The molecule has 3 fully saturated rings. The van der Waals surface area contributed by atoms with Gasteiger partial charge in [-0.1, -0.05) is 0 Å². The Morgan fingerprint density at radius 3 is 2.50 bits per heavy atom. The highest BCUT2D eigenvalue weighted by atomic mass is 16.5. The van der Waals surface area contributed by atoms with Crippen molar-refractivity contribution in [2.24, 2.45) is 11.7 Å². The molecule has 0 aromatic heterocycles. The number of nitrogens with zero attached hydrogens (tertiary/aromatic N) is 1. The molecule has 2 atom stereocenters. The van der Waals surface area contributed by atoms with E-state index in [4.69, 9.17) is 10.5 Å². The van der Waals surface area contributed by atoms with Gasteiger partial charge in [-0.15, -0.1) is 0 Å². The molecule has 0 radical (unpaired) electrons. The molecule has 0 spiro atoms. The Kier molecular flexibility index (Phi) is 4.58. The zero-order valence-corrected chi connectivity index (χ0v) is 12.2. The van der Waals surface area contributed by atoms with Crippen LogP contribution in [-0.4, -0.2) is 55.2 Å². The molecule has 0 unspecified atom stereocenters. The molecule has 2 heterocycles. The number of nitrogens with two attached hydrogens (primary N) is 1. The number of rotatable bonds is 5. The fourth-order valence-electron chi connectivity index (χ4n) is 3.29. The Morgan fingerprint density at radius 2 is 1.90 bits per heavy atom. The number of nitrogens with one attached hydrogen (secondary N) is 1. The summed E-state index contributed by atoms with van der Waals surface area (Å²) in [6.45, 7) is 4.03. The zero-order chi connectivity index (χ0) is 13.9. The molecule has 5 nitrogen and oxygen atoms in total. The molecule has 2 aliphatic heterocycles. The van der Waals surface area contributed by atoms with Gasteiger partial charge in [-0.3, -0.25) is 4.79 Å². The summed E-state index contributed by atoms with van der Waals surface area (Å²) in [5.74, 6) is 1.03. The molecule has 0 aromatic rings. The summed E-state index contributed by atoms with van der Waals surface area (Å²) in [5, 5.41) is 3.16. The highest BCUT2D eigenvalue weighted by Gasteiger charge is 2.32. The van der Waals surface area contributed by atoms with Gasteiger partial charge in [-0.25, -0.2) is 0 Å². The van der Waals surface area contributed by atoms with E-state index in [1.165, 1.54) is 19.4 Å². The number of carbonyl (C=O) groups is 1. The maximum atomic E-state index is 12.2. The highest BCUT2D eigenvalue weighted by molar-refractivity contribution is 5.81. The van der Waals surface area contributed by atoms with Crippen molar-refractivity contribution in [3.05, 3.63) is 0 Å². The predicted molar refractivity (Wildman–Crippen MR) is 77.3 cm³/mol. The predicted octanol–water partition coefficient (Wildman–Crippen LogP) is 0.483. The maximum absolute atomic E-state index is 12.2. The first-order valence-electron chi connectivity index (χ1n) is 8.13. The van der Waals surface area contributed by atoms with E-state index in [9.17, 15) is 4.79 Å². The third kappa shape index (κ3) is 3.71. The smallest absolute Gasteiger partial charge is 0.249 e. The maximum Gasteiger partial charge on any atom is 0.249 e. The molecule has 1 saturated carbocycles. The van der Waals surface area contributed by atoms with E-state index in [2.05, 4.69) is 10.2 Å². The van der Waals surface area contributed by atoms with Crippen LogP contribution in [0, 0.1) is 5.92 Å². The first-order valence-corrected chi connectivity index (χ1v) is 8.13. The summed E-state index contributed by atoms with van der Waals surface area (Å²) in [6, 6.07) is 0.332. The summed E-state index contributed by atoms with van der Waals surface area (Å²) < 4.78 is 5.65. The minimum atomic E-state index is -0.270. The van der Waals surface area contributed by atoms with E-state index >= 15 is 0 Å². The van der Waals surface area contributed by atoms with E-state index in [0.717, 1.165) is 44.7 Å². The number of ether oxygens (including phenoxy) is 1. The average molecular weight is 281 g/mol. The molecular formula is C15H27N3O2. The van der Waals surface area contributed by atoms with Gasteiger partial charge in [0.05, 0.1) is 6.10 Å². The summed E-state index contributed by atoms with van der Waals surface area (Å²) in [7, 11) is 0. The lowest BCUT2D eigenvalue weighted by Crippen LogP contribution is -2.48. The minimum Gasteiger partial charge on any atom is -0.364 e. The first-order chi connectivity index (χ1) is 9.74. The normalized spacial score (nSPS) is 32.5. The van der Waals surface area contributed by atoms with Gasteiger partial charge in [-0.2, -0.15) is 0 Å². The van der Waals surface area contributed by atoms with Crippen molar-refractivity contribution in [1.29, 1.82) is 0 Å². The number of hydrogen-bond donors (Lipinski definition) is 2. The Hall–Kier alpha value is -0.650. The van der Waals surface area contributed by atoms with Gasteiger partial charge in [0.15, 0.2) is 0 Å². The number of hydrogen-bond acceptors (Lipinski definition) is 4. The molecule has 5 heteroatoms. The molecule has 2 saturated heterocycles. The Morgan fingerprint density at radius 1 is 1.15 bits per heavy atom. The van der Waals surface area contributed by atoms with Gasteiger partial charge in [0, 0.05) is 32.2 Å². The van der Waals surface area contributed by atoms with Crippen molar-refractivity contribution >= 4 is 5.91 Å². The van der Waals surface area contributed by atoms with Gasteiger partial charge in [0.25, 0.3) is 0 Å². The third-order valence-corrected chi connectivity index (χ3v) is 4.81. The molecule has 0 aromatic carbocycles. The summed E-state index contributed by atoms with van der Waals surface area (Å²) in [4.78, 5) is 14.7. The van der Waals surface area contributed by atoms with Gasteiger partial charge in [-0.05, 0) is 44.4 Å². The zero-order valence-electron chi connectivity index (χ0n) is 12.2. The monoisotopic (exact) mass is 281 g/mol. The van der Waals surface area contributed by atoms with E-state index in [-0.39, 0.29) is 18.1 Å². The highest BCUT2D eigenvalue weighted by Crippen LogP contribution is 2.30. The van der Waals surface area contributed by atoms with E-state index in [0.29, 0.717) is 12.6 Å². The topological polar surface area (TPSA) is 67.6 Å². The summed E-state index contributed by atoms with van der Waals surface area (Å²) in [6.07, 6.45) is 6.51. The molecule has 3 aliphatic rings. The van der Waals surface area contributed by atoms with Crippen LogP contribution in [0.15, 0.2) is 0 Å². The van der Waals surface area contributed by atoms with Crippen molar-refractivity contribution in [3.8, 4) is 0 Å². The van der Waals surface area contributed by atoms with Crippen molar-refractivity contribution in [1.82, 2.24) is 10.2 Å². The first kappa shape index (κ1) is 14.3. The number of carbonyl (C=O) groups excluding carboxylic acids is 1. The molecule has 3 N–H and O–H groups in total. The standard InChI is InChI=1S/C15H27N3O2/c16-9-13-3-4-14(20-13)15(19)17-12-5-7-18(8-6-12)10-11-1-2-11/h11-14H,1-10,16H2,(H,17,19)/t13-,14+/m1/s1. The van der Waals surface area contributed by atoms with Crippen molar-refractivity contribution in [2.45, 2.75) is 56.8 Å². The van der Waals surface area contributed by atoms with Gasteiger partial charge < -0.3 is 20.7 Å². The Labute approximate surface area is 121 Å². The Balaban J connectivity index is 1.37. The summed E-state index contributed by atoms with van der Waals surface area (Å²) in [5.41, 5.74) is 5.58. The van der Waals surface area contributed by atoms with Crippen LogP contribution in [0.3, 0.4) is 0 Å². The van der Waals surface area contributed by atoms with Crippen LogP contribution < -0.4 is 11.1 Å². The fourth-order valence-corrected chi connectivity index (χ4v) is 3.29. The van der Waals surface area contributed by atoms with Gasteiger partial charge >= 0.3 is 0 Å². The Bertz CT molecular complexity index is 338.